The standard InChI is InChI=1S/C17H20N2O2.C16H18N2O2/c1-3-11-21-12-16(18-2)17(20)19-15-10-6-8-13-7-4-5-9-14(13)15;1-2-10-20-11-14(17)16(19)18-15-9-5-7-12-6-3-4-8-13(12)15/h3-10,16,18H,1,11-12H2,2H3,(H,19,20);2-9,14H,1,10-11,17H2,(H,18,19)/p+1/t16-;14-/m00/s1. The molecule has 8 heteroatoms. The zero-order valence-corrected chi connectivity index (χ0v) is 23.5. The van der Waals surface area contributed by atoms with Gasteiger partial charge in [0.2, 0.25) is 5.91 Å². The number of quaternary nitrogens is 1. The number of ether oxygens (including phenoxy) is 2. The molecule has 0 spiro atoms. The Morgan fingerprint density at radius 1 is 0.732 bits per heavy atom. The number of carbonyl (C=O) groups excluding carboxylic acids is 2. The summed E-state index contributed by atoms with van der Waals surface area (Å²) in [4.78, 5) is 24.4. The normalized spacial score (nSPS) is 12.0. The maximum atomic E-state index is 12.3. The van der Waals surface area contributed by atoms with Gasteiger partial charge in [-0.05, 0) is 30.0 Å². The first-order valence-corrected chi connectivity index (χ1v) is 13.4. The molecule has 6 N–H and O–H groups in total. The Kier molecular flexibility index (Phi) is 12.7. The van der Waals surface area contributed by atoms with E-state index in [-0.39, 0.29) is 18.4 Å². The van der Waals surface area contributed by atoms with Crippen LogP contribution < -0.4 is 21.7 Å². The molecule has 0 radical (unpaired) electrons. The summed E-state index contributed by atoms with van der Waals surface area (Å²) in [6.07, 6.45) is 3.31. The molecule has 4 aromatic rings. The second kappa shape index (κ2) is 16.7. The lowest BCUT2D eigenvalue weighted by atomic mass is 10.1. The highest BCUT2D eigenvalue weighted by Crippen LogP contribution is 2.24. The number of hydrogen-bond acceptors (Lipinski definition) is 5. The van der Waals surface area contributed by atoms with E-state index in [1.54, 1.807) is 19.2 Å². The first kappa shape index (κ1) is 31.2. The van der Waals surface area contributed by atoms with Crippen LogP contribution in [0.25, 0.3) is 21.5 Å². The van der Waals surface area contributed by atoms with Crippen molar-refractivity contribution in [3.63, 3.8) is 0 Å². The number of anilines is 2. The molecular formula is C33H39N4O4+. The number of likely N-dealkylation sites (N-methyl/N-ethyl adjacent to an activating group) is 1. The van der Waals surface area contributed by atoms with E-state index in [4.69, 9.17) is 9.47 Å². The van der Waals surface area contributed by atoms with Gasteiger partial charge in [0.15, 0.2) is 6.04 Å². The van der Waals surface area contributed by atoms with Gasteiger partial charge in [0.05, 0.1) is 19.8 Å². The second-order valence-corrected chi connectivity index (χ2v) is 9.22. The molecular weight excluding hydrogens is 516 g/mol. The van der Waals surface area contributed by atoms with Crippen LogP contribution in [0.15, 0.2) is 110 Å². The van der Waals surface area contributed by atoms with Gasteiger partial charge in [0, 0.05) is 22.1 Å². The zero-order valence-electron chi connectivity index (χ0n) is 23.5. The van der Waals surface area contributed by atoms with Gasteiger partial charge in [-0.3, -0.25) is 9.59 Å². The lowest BCUT2D eigenvalue weighted by Gasteiger charge is -2.16. The smallest absolute Gasteiger partial charge is 0.285 e. The predicted octanol–water partition coefficient (Wildman–Crippen LogP) is 4.16. The van der Waals surface area contributed by atoms with Crippen molar-refractivity contribution in [2.24, 2.45) is 0 Å². The van der Waals surface area contributed by atoms with Gasteiger partial charge in [0.25, 0.3) is 5.91 Å². The van der Waals surface area contributed by atoms with Gasteiger partial charge in [-0.15, -0.1) is 13.2 Å². The Morgan fingerprint density at radius 2 is 1.20 bits per heavy atom. The minimum absolute atomic E-state index is 0.113. The summed E-state index contributed by atoms with van der Waals surface area (Å²) in [5.74, 6) is -0.261. The molecule has 0 saturated carbocycles. The average Bonchev–Trinajstić information content (AvgIpc) is 3.00. The summed E-state index contributed by atoms with van der Waals surface area (Å²) in [5, 5.41) is 13.0. The Bertz CT molecular complexity index is 1450. The fourth-order valence-electron chi connectivity index (χ4n) is 4.05. The van der Waals surface area contributed by atoms with Gasteiger partial charge < -0.3 is 31.2 Å². The van der Waals surface area contributed by atoms with E-state index >= 15 is 0 Å². The minimum atomic E-state index is -0.450. The molecule has 4 aromatic carbocycles. The summed E-state index contributed by atoms with van der Waals surface area (Å²) < 4.78 is 10.6. The molecule has 2 atom stereocenters. The third-order valence-electron chi connectivity index (χ3n) is 6.21. The topological polar surface area (TPSA) is 116 Å². The molecule has 41 heavy (non-hydrogen) atoms. The quantitative estimate of drug-likeness (QED) is 0.146. The van der Waals surface area contributed by atoms with Crippen LogP contribution in [0, 0.1) is 0 Å². The first-order chi connectivity index (χ1) is 20.0. The molecule has 0 fully saturated rings. The maximum absolute atomic E-state index is 12.3. The van der Waals surface area contributed by atoms with Crippen LogP contribution in [0.1, 0.15) is 0 Å². The Labute approximate surface area is 241 Å². The third-order valence-corrected chi connectivity index (χ3v) is 6.21. The van der Waals surface area contributed by atoms with Crippen LogP contribution >= 0.6 is 0 Å². The van der Waals surface area contributed by atoms with Crippen LogP contribution in [0.5, 0.6) is 0 Å². The number of nitrogens with one attached hydrogen (secondary N) is 3. The van der Waals surface area contributed by atoms with Crippen LogP contribution in [-0.4, -0.2) is 57.4 Å². The Hall–Kier alpha value is -4.34. The highest BCUT2D eigenvalue weighted by Gasteiger charge is 2.18. The van der Waals surface area contributed by atoms with Crippen molar-refractivity contribution < 1.29 is 24.8 Å². The van der Waals surface area contributed by atoms with Crippen molar-refractivity contribution in [1.29, 1.82) is 0 Å². The Balaban J connectivity index is 0.000000226. The highest BCUT2D eigenvalue weighted by molar-refractivity contribution is 6.04. The summed E-state index contributed by atoms with van der Waals surface area (Å²) in [6.45, 7) is 8.58. The van der Waals surface area contributed by atoms with Crippen molar-refractivity contribution in [2.45, 2.75) is 12.1 Å². The van der Waals surface area contributed by atoms with Crippen LogP contribution in [-0.2, 0) is 19.1 Å². The lowest BCUT2D eigenvalue weighted by molar-refractivity contribution is -0.409. The van der Waals surface area contributed by atoms with E-state index < -0.39 is 12.1 Å². The number of hydrogen-bond donors (Lipinski definition) is 4. The molecule has 0 aliphatic carbocycles. The van der Waals surface area contributed by atoms with Gasteiger partial charge in [-0.2, -0.15) is 0 Å². The number of fused-ring (bicyclic) bond motifs is 2. The maximum Gasteiger partial charge on any atom is 0.285 e. The molecule has 0 aromatic heterocycles. The minimum Gasteiger partial charge on any atom is -0.375 e. The van der Waals surface area contributed by atoms with Crippen molar-refractivity contribution in [3.8, 4) is 0 Å². The molecule has 0 aliphatic rings. The Morgan fingerprint density at radius 3 is 1.71 bits per heavy atom. The summed E-state index contributed by atoms with van der Waals surface area (Å²) in [7, 11) is 1.74. The highest BCUT2D eigenvalue weighted by atomic mass is 16.5. The average molecular weight is 556 g/mol. The van der Waals surface area contributed by atoms with Crippen molar-refractivity contribution in [1.82, 2.24) is 5.32 Å². The first-order valence-electron chi connectivity index (χ1n) is 13.4. The molecule has 2 amide bonds. The van der Waals surface area contributed by atoms with Crippen molar-refractivity contribution in [3.05, 3.63) is 110 Å². The number of benzene rings is 4. The molecule has 0 aliphatic heterocycles. The number of amides is 2. The van der Waals surface area contributed by atoms with E-state index in [1.807, 2.05) is 84.9 Å². The summed E-state index contributed by atoms with van der Waals surface area (Å²) >= 11 is 0. The van der Waals surface area contributed by atoms with Crippen molar-refractivity contribution >= 4 is 44.7 Å². The molecule has 8 nitrogen and oxygen atoms in total. The van der Waals surface area contributed by atoms with E-state index in [1.165, 1.54) is 0 Å². The molecule has 4 rings (SSSR count). The number of carbonyl (C=O) groups is 2. The van der Waals surface area contributed by atoms with Gasteiger partial charge in [0.1, 0.15) is 12.6 Å². The van der Waals surface area contributed by atoms with Gasteiger partial charge >= 0.3 is 0 Å². The van der Waals surface area contributed by atoms with Gasteiger partial charge in [-0.25, -0.2) is 0 Å². The van der Waals surface area contributed by atoms with E-state index in [0.717, 1.165) is 32.9 Å². The number of rotatable bonds is 13. The summed E-state index contributed by atoms with van der Waals surface area (Å²) in [6, 6.07) is 26.7. The zero-order chi connectivity index (χ0) is 29.5. The SMILES string of the molecule is C=CCOC[C@H](NC)C(=O)Nc1cccc2ccccc12.C=CCOC[C@H]([NH3+])C(=O)Nc1cccc2ccccc12. The summed E-state index contributed by atoms with van der Waals surface area (Å²) in [5.41, 5.74) is 5.42. The molecule has 214 valence electrons. The second-order valence-electron chi connectivity index (χ2n) is 9.22. The van der Waals surface area contributed by atoms with Crippen LogP contribution in [0.4, 0.5) is 11.4 Å². The molecule has 0 bridgehead atoms. The lowest BCUT2D eigenvalue weighted by Crippen LogP contribution is -2.68. The monoisotopic (exact) mass is 555 g/mol. The van der Waals surface area contributed by atoms with Crippen molar-refractivity contribution in [2.75, 3.05) is 44.1 Å². The van der Waals surface area contributed by atoms with E-state index in [0.29, 0.717) is 19.8 Å². The van der Waals surface area contributed by atoms with E-state index in [2.05, 4.69) is 34.8 Å². The fraction of sp³-hybridized carbons (Fsp3) is 0.212. The third kappa shape index (κ3) is 9.37. The van der Waals surface area contributed by atoms with Crippen LogP contribution in [0.3, 0.4) is 0 Å². The fourth-order valence-corrected chi connectivity index (χ4v) is 4.05. The predicted molar refractivity (Wildman–Crippen MR) is 167 cm³/mol. The van der Waals surface area contributed by atoms with Crippen LogP contribution in [0.2, 0.25) is 0 Å². The van der Waals surface area contributed by atoms with E-state index in [9.17, 15) is 9.59 Å². The molecule has 0 heterocycles. The largest absolute Gasteiger partial charge is 0.375 e. The molecule has 0 saturated heterocycles. The van der Waals surface area contributed by atoms with Gasteiger partial charge in [-0.1, -0.05) is 84.9 Å². The molecule has 0 unspecified atom stereocenters.